The van der Waals surface area contributed by atoms with Gasteiger partial charge in [0.2, 0.25) is 10.0 Å². The summed E-state index contributed by atoms with van der Waals surface area (Å²) in [6.07, 6.45) is 0. The van der Waals surface area contributed by atoms with Crippen LogP contribution in [0.5, 0.6) is 5.75 Å². The summed E-state index contributed by atoms with van der Waals surface area (Å²) >= 11 is 1.50. The second-order valence-corrected chi connectivity index (χ2v) is 6.56. The van der Waals surface area contributed by atoms with Gasteiger partial charge in [-0.25, -0.2) is 13.1 Å². The van der Waals surface area contributed by atoms with Gasteiger partial charge in [0.25, 0.3) is 0 Å². The number of rotatable bonds is 4. The fraction of sp³-hybridized carbons (Fsp3) is 0.167. The van der Waals surface area contributed by atoms with Crippen molar-refractivity contribution in [3.05, 3.63) is 46.2 Å². The van der Waals surface area contributed by atoms with Crippen molar-refractivity contribution in [2.24, 2.45) is 0 Å². The van der Waals surface area contributed by atoms with Crippen molar-refractivity contribution in [3.8, 4) is 5.75 Å². The van der Waals surface area contributed by atoms with Gasteiger partial charge in [-0.15, -0.1) is 11.3 Å². The molecule has 0 fully saturated rings. The number of phenolic OH excluding ortho intramolecular Hbond substituents is 1. The fourth-order valence-corrected chi connectivity index (χ4v) is 3.54. The first-order valence-corrected chi connectivity index (χ1v) is 7.67. The number of phenols is 1. The molecule has 2 N–H and O–H groups in total. The van der Waals surface area contributed by atoms with Crippen LogP contribution in [0.1, 0.15) is 10.4 Å². The molecule has 0 aliphatic carbocycles. The normalized spacial score (nSPS) is 11.6. The van der Waals surface area contributed by atoms with Gasteiger partial charge in [0, 0.05) is 11.4 Å². The van der Waals surface area contributed by atoms with E-state index in [0.29, 0.717) is 0 Å². The largest absolute Gasteiger partial charge is 0.507 e. The predicted molar refractivity (Wildman–Crippen MR) is 71.2 cm³/mol. The number of thiophene rings is 1. The van der Waals surface area contributed by atoms with Crippen LogP contribution in [0.25, 0.3) is 0 Å². The number of hydrogen-bond acceptors (Lipinski definition) is 4. The standard InChI is InChI=1S/C12H13NO3S2/c1-9-6-7-17-11(9)8-13-18(15,16)12-5-3-2-4-10(12)14/h2-7,13-14H,8H2,1H3. The average Bonchev–Trinajstić information content (AvgIpc) is 2.73. The topological polar surface area (TPSA) is 66.4 Å². The Morgan fingerprint density at radius 2 is 2.00 bits per heavy atom. The van der Waals surface area contributed by atoms with E-state index in [9.17, 15) is 13.5 Å². The molecule has 2 aromatic rings. The van der Waals surface area contributed by atoms with E-state index in [-0.39, 0.29) is 17.2 Å². The van der Waals surface area contributed by atoms with Crippen molar-refractivity contribution in [2.75, 3.05) is 0 Å². The van der Waals surface area contributed by atoms with Crippen molar-refractivity contribution >= 4 is 21.4 Å². The molecule has 0 unspecified atom stereocenters. The first kappa shape index (κ1) is 13.1. The average molecular weight is 283 g/mol. The lowest BCUT2D eigenvalue weighted by Crippen LogP contribution is -2.23. The zero-order chi connectivity index (χ0) is 13.2. The lowest BCUT2D eigenvalue weighted by atomic mass is 10.3. The molecule has 0 spiro atoms. The first-order chi connectivity index (χ1) is 8.50. The molecule has 96 valence electrons. The van der Waals surface area contributed by atoms with E-state index in [2.05, 4.69) is 4.72 Å². The zero-order valence-corrected chi connectivity index (χ0v) is 11.4. The van der Waals surface area contributed by atoms with Crippen LogP contribution in [0.15, 0.2) is 40.6 Å². The second-order valence-electron chi connectivity index (χ2n) is 3.82. The summed E-state index contributed by atoms with van der Waals surface area (Å²) in [5.41, 5.74) is 1.06. The third-order valence-electron chi connectivity index (χ3n) is 2.55. The molecule has 0 bridgehead atoms. The molecule has 4 nitrogen and oxygen atoms in total. The maximum atomic E-state index is 12.0. The van der Waals surface area contributed by atoms with Crippen LogP contribution in [0.4, 0.5) is 0 Å². The Balaban J connectivity index is 2.19. The quantitative estimate of drug-likeness (QED) is 0.904. The molecule has 1 aromatic heterocycles. The number of aryl methyl sites for hydroxylation is 1. The summed E-state index contributed by atoms with van der Waals surface area (Å²) in [4.78, 5) is 0.869. The van der Waals surface area contributed by atoms with Crippen molar-refractivity contribution in [3.63, 3.8) is 0 Å². The molecule has 0 amide bonds. The minimum atomic E-state index is -3.68. The highest BCUT2D eigenvalue weighted by atomic mass is 32.2. The van der Waals surface area contributed by atoms with Crippen LogP contribution in [-0.2, 0) is 16.6 Å². The highest BCUT2D eigenvalue weighted by molar-refractivity contribution is 7.89. The first-order valence-electron chi connectivity index (χ1n) is 5.31. The monoisotopic (exact) mass is 283 g/mol. The third kappa shape index (κ3) is 2.72. The number of sulfonamides is 1. The fourth-order valence-electron chi connectivity index (χ4n) is 1.51. The van der Waals surface area contributed by atoms with Crippen LogP contribution in [-0.4, -0.2) is 13.5 Å². The van der Waals surface area contributed by atoms with Crippen molar-refractivity contribution in [2.45, 2.75) is 18.4 Å². The Bertz CT molecular complexity index is 647. The second kappa shape index (κ2) is 5.09. The van der Waals surface area contributed by atoms with E-state index >= 15 is 0 Å². The molecule has 2 rings (SSSR count). The van der Waals surface area contributed by atoms with Gasteiger partial charge in [0.1, 0.15) is 10.6 Å². The summed E-state index contributed by atoms with van der Waals surface area (Å²) in [5.74, 6) is -0.243. The van der Waals surface area contributed by atoms with Crippen LogP contribution in [0.2, 0.25) is 0 Å². The number of aromatic hydroxyl groups is 1. The number of hydrogen-bond donors (Lipinski definition) is 2. The summed E-state index contributed by atoms with van der Waals surface area (Å²) < 4.78 is 26.5. The molecule has 0 atom stereocenters. The third-order valence-corrected chi connectivity index (χ3v) is 5.02. The SMILES string of the molecule is Cc1ccsc1CNS(=O)(=O)c1ccccc1O. The molecule has 1 heterocycles. The Morgan fingerprint density at radius 1 is 1.28 bits per heavy atom. The Kier molecular flexibility index (Phi) is 3.70. The summed E-state index contributed by atoms with van der Waals surface area (Å²) in [7, 11) is -3.68. The van der Waals surface area contributed by atoms with Crippen molar-refractivity contribution in [1.82, 2.24) is 4.72 Å². The van der Waals surface area contributed by atoms with E-state index < -0.39 is 10.0 Å². The Labute approximate surface area is 110 Å². The van der Waals surface area contributed by atoms with Gasteiger partial charge in [-0.05, 0) is 36.1 Å². The highest BCUT2D eigenvalue weighted by Gasteiger charge is 2.17. The smallest absolute Gasteiger partial charge is 0.244 e. The molecule has 0 saturated heterocycles. The number of benzene rings is 1. The maximum Gasteiger partial charge on any atom is 0.244 e. The van der Waals surface area contributed by atoms with E-state index in [1.165, 1.54) is 23.5 Å². The van der Waals surface area contributed by atoms with Crippen LogP contribution >= 0.6 is 11.3 Å². The van der Waals surface area contributed by atoms with Gasteiger partial charge < -0.3 is 5.11 Å². The Morgan fingerprint density at radius 3 is 2.61 bits per heavy atom. The number of para-hydroxylation sites is 1. The van der Waals surface area contributed by atoms with Gasteiger partial charge >= 0.3 is 0 Å². The molecule has 0 aliphatic heterocycles. The molecule has 6 heteroatoms. The van der Waals surface area contributed by atoms with Crippen LogP contribution in [0.3, 0.4) is 0 Å². The predicted octanol–water partition coefficient (Wildman–Crippen LogP) is 2.24. The van der Waals surface area contributed by atoms with E-state index in [1.807, 2.05) is 18.4 Å². The molecular weight excluding hydrogens is 270 g/mol. The van der Waals surface area contributed by atoms with Crippen molar-refractivity contribution < 1.29 is 13.5 Å². The van der Waals surface area contributed by atoms with E-state index in [4.69, 9.17) is 0 Å². The summed E-state index contributed by atoms with van der Waals surface area (Å²) in [6.45, 7) is 2.17. The molecular formula is C12H13NO3S2. The summed E-state index contributed by atoms with van der Waals surface area (Å²) in [6, 6.07) is 7.82. The van der Waals surface area contributed by atoms with Crippen LogP contribution < -0.4 is 4.72 Å². The van der Waals surface area contributed by atoms with Crippen LogP contribution in [0, 0.1) is 6.92 Å². The number of nitrogens with one attached hydrogen (secondary N) is 1. The van der Waals surface area contributed by atoms with Gasteiger partial charge in [0.15, 0.2) is 0 Å². The van der Waals surface area contributed by atoms with Gasteiger partial charge in [-0.2, -0.15) is 0 Å². The zero-order valence-electron chi connectivity index (χ0n) is 9.75. The molecule has 0 saturated carbocycles. The highest BCUT2D eigenvalue weighted by Crippen LogP contribution is 2.22. The molecule has 0 radical (unpaired) electrons. The van der Waals surface area contributed by atoms with Gasteiger partial charge in [0.05, 0.1) is 0 Å². The van der Waals surface area contributed by atoms with E-state index in [1.54, 1.807) is 12.1 Å². The molecule has 1 aromatic carbocycles. The summed E-state index contributed by atoms with van der Waals surface area (Å²) in [5, 5.41) is 11.5. The minimum absolute atomic E-state index is 0.0980. The van der Waals surface area contributed by atoms with Crippen molar-refractivity contribution in [1.29, 1.82) is 0 Å². The van der Waals surface area contributed by atoms with E-state index in [0.717, 1.165) is 10.4 Å². The lowest BCUT2D eigenvalue weighted by Gasteiger charge is -2.07. The van der Waals surface area contributed by atoms with Gasteiger partial charge in [-0.1, -0.05) is 12.1 Å². The lowest BCUT2D eigenvalue weighted by molar-refractivity contribution is 0.458. The maximum absolute atomic E-state index is 12.0. The Hall–Kier alpha value is -1.37. The van der Waals surface area contributed by atoms with Gasteiger partial charge in [-0.3, -0.25) is 0 Å². The minimum Gasteiger partial charge on any atom is -0.507 e. The molecule has 0 aliphatic rings. The molecule has 18 heavy (non-hydrogen) atoms.